The van der Waals surface area contributed by atoms with E-state index in [0.29, 0.717) is 11.4 Å². The van der Waals surface area contributed by atoms with Crippen molar-refractivity contribution in [3.8, 4) is 0 Å². The van der Waals surface area contributed by atoms with Gasteiger partial charge in [-0.2, -0.15) is 0 Å². The molecule has 52 heavy (non-hydrogen) atoms. The van der Waals surface area contributed by atoms with Crippen LogP contribution in [-0.2, 0) is 26.6 Å². The molecule has 0 heterocycles. The van der Waals surface area contributed by atoms with Crippen molar-refractivity contribution in [1.82, 2.24) is 4.72 Å². The second-order valence-corrected chi connectivity index (χ2v) is 13.3. The summed E-state index contributed by atoms with van der Waals surface area (Å²) >= 11 is 0. The van der Waals surface area contributed by atoms with Gasteiger partial charge in [0.25, 0.3) is 0 Å². The maximum atomic E-state index is 14.0. The van der Waals surface area contributed by atoms with Gasteiger partial charge in [-0.25, -0.2) is 21.6 Å². The Morgan fingerprint density at radius 1 is 0.558 bits per heavy atom. The number of benzene rings is 5. The van der Waals surface area contributed by atoms with E-state index in [1.165, 1.54) is 0 Å². The monoisotopic (exact) mass is 728 g/mol. The summed E-state index contributed by atoms with van der Waals surface area (Å²) in [5, 5.41) is 11.5. The molecule has 1 atom stereocenters. The minimum Gasteiger partial charge on any atom is -0.506 e. The van der Waals surface area contributed by atoms with Crippen LogP contribution in [0.15, 0.2) is 180 Å². The van der Waals surface area contributed by atoms with E-state index in [9.17, 15) is 26.7 Å². The number of hydrogen-bond acceptors (Lipinski definition) is 8. The normalized spacial score (nSPS) is 16.8. The molecule has 260 valence electrons. The third-order valence-electron chi connectivity index (χ3n) is 8.63. The first-order valence-electron chi connectivity index (χ1n) is 16.2. The molecule has 3 N–H and O–H groups in total. The van der Waals surface area contributed by atoms with Crippen molar-refractivity contribution in [1.29, 1.82) is 0 Å². The molecule has 0 amide bonds. The van der Waals surface area contributed by atoms with Crippen LogP contribution < -0.4 is 19.2 Å². The van der Waals surface area contributed by atoms with E-state index in [1.807, 2.05) is 131 Å². The van der Waals surface area contributed by atoms with Crippen molar-refractivity contribution < 1.29 is 26.7 Å². The number of nitrogens with zero attached hydrogens (tertiary/aromatic N) is 2. The number of para-hydroxylation sites is 4. The maximum absolute atomic E-state index is 14.0. The zero-order chi connectivity index (χ0) is 36.2. The van der Waals surface area contributed by atoms with E-state index in [-0.39, 0.29) is 33.7 Å². The third kappa shape index (κ3) is 6.90. The average molecular weight is 729 g/mol. The number of carbonyl (C=O) groups excluding carboxylic acids is 1. The third-order valence-corrected chi connectivity index (χ3v) is 9.54. The predicted molar refractivity (Wildman–Crippen MR) is 206 cm³/mol. The molecular formula is C40H32N4O6S2. The largest absolute Gasteiger partial charge is 0.506 e. The topological polar surface area (TPSA) is 136 Å². The molecule has 5 aromatic rings. The van der Waals surface area contributed by atoms with Gasteiger partial charge in [0.05, 0.1) is 22.9 Å². The number of carbonyl (C=O) groups is 1. The highest BCUT2D eigenvalue weighted by Gasteiger charge is 2.40. The number of ketones is 1. The standard InChI is InChI=1S/C40H32N4O6S2/c45-39-37(33-23-21-31(25-35(33)41-51(47)48)43(27-13-5-1-6-14-27)28-15-7-2-8-16-28)40(46)38(39)34-24-22-32(26-36(34)42-52(49)50)44(29-17-9-3-10-18-29)30-19-11-4-12-20-30/h1-26,35,45,51-52H,(H,41,47,48)(H,42,49,50)/b37-33+. The van der Waals surface area contributed by atoms with E-state index in [1.54, 1.807) is 36.4 Å². The second kappa shape index (κ2) is 15.0. The molecule has 0 saturated heterocycles. The van der Waals surface area contributed by atoms with Gasteiger partial charge in [0.2, 0.25) is 27.6 Å². The fourth-order valence-electron chi connectivity index (χ4n) is 6.41. The van der Waals surface area contributed by atoms with Crippen LogP contribution in [0.5, 0.6) is 0 Å². The first-order chi connectivity index (χ1) is 25.3. The van der Waals surface area contributed by atoms with Crippen LogP contribution in [0, 0.1) is 0 Å². The van der Waals surface area contributed by atoms with Gasteiger partial charge in [-0.3, -0.25) is 9.52 Å². The SMILES string of the molecule is O=C1C(c2ccc(N(c3ccccc3)c3ccccc3)cc2N[SH](=O)=O)=C(O)/C1=C1/C=CC(N(c2ccccc2)c2ccccc2)=CC1N[SH](=O)=O. The van der Waals surface area contributed by atoms with Crippen LogP contribution in [0.2, 0.25) is 0 Å². The number of rotatable bonds is 11. The summed E-state index contributed by atoms with van der Waals surface area (Å²) in [6.45, 7) is 0. The number of aliphatic hydroxyl groups is 1. The van der Waals surface area contributed by atoms with Crippen LogP contribution in [-0.4, -0.2) is 33.8 Å². The van der Waals surface area contributed by atoms with Crippen LogP contribution >= 0.6 is 0 Å². The van der Waals surface area contributed by atoms with E-state index in [4.69, 9.17) is 0 Å². The van der Waals surface area contributed by atoms with Crippen molar-refractivity contribution in [3.63, 3.8) is 0 Å². The summed E-state index contributed by atoms with van der Waals surface area (Å²) in [7, 11) is -6.28. The predicted octanol–water partition coefficient (Wildman–Crippen LogP) is 7.02. The first kappa shape index (κ1) is 34.2. The molecule has 2 aliphatic rings. The van der Waals surface area contributed by atoms with E-state index >= 15 is 0 Å². The van der Waals surface area contributed by atoms with Gasteiger partial charge in [0, 0.05) is 39.7 Å². The van der Waals surface area contributed by atoms with Crippen LogP contribution in [0.25, 0.3) is 5.57 Å². The van der Waals surface area contributed by atoms with Gasteiger partial charge in [-0.15, -0.1) is 0 Å². The summed E-state index contributed by atoms with van der Waals surface area (Å²) in [6.07, 6.45) is 5.04. The lowest BCUT2D eigenvalue weighted by Crippen LogP contribution is -2.35. The van der Waals surface area contributed by atoms with Gasteiger partial charge in [-0.05, 0) is 84.5 Å². The summed E-state index contributed by atoms with van der Waals surface area (Å²) in [5.41, 5.74) is 4.86. The number of hydrogen-bond donors (Lipinski definition) is 5. The molecule has 7 rings (SSSR count). The van der Waals surface area contributed by atoms with Crippen LogP contribution in [0.3, 0.4) is 0 Å². The van der Waals surface area contributed by atoms with Gasteiger partial charge < -0.3 is 14.9 Å². The Bertz CT molecular complexity index is 2330. The molecule has 0 aliphatic heterocycles. The zero-order valence-corrected chi connectivity index (χ0v) is 29.2. The highest BCUT2D eigenvalue weighted by Crippen LogP contribution is 2.45. The number of thiol groups is 2. The quantitative estimate of drug-likeness (QED) is 0.0724. The Labute approximate surface area is 304 Å². The highest BCUT2D eigenvalue weighted by molar-refractivity contribution is 7.73. The van der Waals surface area contributed by atoms with Gasteiger partial charge >= 0.3 is 0 Å². The highest BCUT2D eigenvalue weighted by atomic mass is 32.2. The molecule has 12 heteroatoms. The Kier molecular flexibility index (Phi) is 9.85. The molecule has 0 fully saturated rings. The summed E-state index contributed by atoms with van der Waals surface area (Å²) < 4.78 is 53.1. The van der Waals surface area contributed by atoms with Crippen molar-refractivity contribution >= 4 is 67.3 Å². The van der Waals surface area contributed by atoms with E-state index in [0.717, 1.165) is 22.7 Å². The number of aliphatic hydroxyl groups excluding tert-OH is 1. The molecule has 0 aromatic heterocycles. The molecule has 10 nitrogen and oxygen atoms in total. The number of Topliss-reactive ketones (excluding diaryl/α,β-unsaturated/α-hetero) is 1. The average Bonchev–Trinajstić information content (AvgIpc) is 3.15. The summed E-state index contributed by atoms with van der Waals surface area (Å²) in [6, 6.07) is 42.0. The summed E-state index contributed by atoms with van der Waals surface area (Å²) in [5.74, 6) is -0.942. The molecular weight excluding hydrogens is 697 g/mol. The van der Waals surface area contributed by atoms with Crippen molar-refractivity contribution in [3.05, 3.63) is 186 Å². The number of allylic oxidation sites excluding steroid dienone is 3. The molecule has 2 aliphatic carbocycles. The molecule has 0 radical (unpaired) electrons. The molecule has 1 unspecified atom stereocenters. The minimum absolute atomic E-state index is 0.0707. The Hall–Kier alpha value is -6.21. The first-order valence-corrected chi connectivity index (χ1v) is 18.5. The van der Waals surface area contributed by atoms with Crippen molar-refractivity contribution in [2.75, 3.05) is 14.5 Å². The van der Waals surface area contributed by atoms with Crippen LogP contribution in [0.4, 0.5) is 34.1 Å². The Morgan fingerprint density at radius 3 is 1.52 bits per heavy atom. The Balaban J connectivity index is 1.30. The Morgan fingerprint density at radius 2 is 1.06 bits per heavy atom. The van der Waals surface area contributed by atoms with Crippen LogP contribution in [0.1, 0.15) is 5.56 Å². The zero-order valence-electron chi connectivity index (χ0n) is 27.4. The molecule has 0 bridgehead atoms. The molecule has 5 aromatic carbocycles. The minimum atomic E-state index is -3.15. The van der Waals surface area contributed by atoms with Gasteiger partial charge in [0.15, 0.2) is 0 Å². The number of anilines is 6. The lowest BCUT2D eigenvalue weighted by Gasteiger charge is -2.32. The van der Waals surface area contributed by atoms with Crippen molar-refractivity contribution in [2.24, 2.45) is 0 Å². The summed E-state index contributed by atoms with van der Waals surface area (Å²) in [4.78, 5) is 17.8. The molecule has 0 saturated carbocycles. The van der Waals surface area contributed by atoms with Gasteiger partial charge in [-0.1, -0.05) is 78.9 Å². The lowest BCUT2D eigenvalue weighted by atomic mass is 9.78. The lowest BCUT2D eigenvalue weighted by molar-refractivity contribution is -0.111. The molecule has 0 spiro atoms. The second-order valence-electron chi connectivity index (χ2n) is 11.8. The fraction of sp³-hybridized carbons (Fsp3) is 0.0250. The maximum Gasteiger partial charge on any atom is 0.222 e. The van der Waals surface area contributed by atoms with E-state index in [2.05, 4.69) is 9.44 Å². The van der Waals surface area contributed by atoms with E-state index < -0.39 is 33.6 Å². The number of nitrogens with one attached hydrogen (secondary N) is 2. The fourth-order valence-corrected chi connectivity index (χ4v) is 7.23. The van der Waals surface area contributed by atoms with Gasteiger partial charge in [0.1, 0.15) is 5.76 Å². The van der Waals surface area contributed by atoms with Crippen molar-refractivity contribution in [2.45, 2.75) is 6.04 Å². The smallest absolute Gasteiger partial charge is 0.222 e.